The van der Waals surface area contributed by atoms with Crippen molar-refractivity contribution in [3.63, 3.8) is 0 Å². The first-order valence-electron chi connectivity index (χ1n) is 10.5. The SMILES string of the molecule is CCCCCCCCCCCCCOS(=O)(=O)c1cccc2ccccc12.[NaH]. The second kappa shape index (κ2) is 14.6. The average Bonchev–Trinajstić information content (AvgIpc) is 2.68. The van der Waals surface area contributed by atoms with Crippen LogP contribution in [0.2, 0.25) is 0 Å². The van der Waals surface area contributed by atoms with Crippen molar-refractivity contribution in [2.45, 2.75) is 82.4 Å². The molecule has 0 saturated carbocycles. The summed E-state index contributed by atoms with van der Waals surface area (Å²) in [6.45, 7) is 2.51. The van der Waals surface area contributed by atoms with E-state index in [0.717, 1.165) is 30.0 Å². The van der Waals surface area contributed by atoms with Crippen LogP contribution in [-0.4, -0.2) is 44.6 Å². The number of hydrogen-bond donors (Lipinski definition) is 0. The van der Waals surface area contributed by atoms with Gasteiger partial charge in [-0.1, -0.05) is 108 Å². The van der Waals surface area contributed by atoms with Crippen LogP contribution in [-0.2, 0) is 14.3 Å². The Hall–Kier alpha value is -0.390. The summed E-state index contributed by atoms with van der Waals surface area (Å²) in [5.74, 6) is 0. The number of unbranched alkanes of at least 4 members (excludes halogenated alkanes) is 10. The van der Waals surface area contributed by atoms with E-state index in [1.54, 1.807) is 12.1 Å². The van der Waals surface area contributed by atoms with Crippen LogP contribution in [0.25, 0.3) is 10.8 Å². The third kappa shape index (κ3) is 8.96. The molecule has 0 N–H and O–H groups in total. The van der Waals surface area contributed by atoms with Crippen molar-refractivity contribution in [2.24, 2.45) is 0 Å². The first kappa shape index (κ1) is 25.6. The Labute approximate surface area is 193 Å². The number of rotatable bonds is 14. The Morgan fingerprint density at radius 3 is 1.89 bits per heavy atom. The van der Waals surface area contributed by atoms with Crippen LogP contribution < -0.4 is 0 Å². The standard InChI is InChI=1S/C23H34O3S.Na.H/c1-2-3-4-5-6-7-8-9-10-11-14-20-26-27(24,25)23-19-15-17-21-16-12-13-18-22(21)23;;/h12-13,15-19H,2-11,14,20H2,1H3;;. The van der Waals surface area contributed by atoms with Gasteiger partial charge < -0.3 is 0 Å². The minimum atomic E-state index is -3.70. The molecule has 0 aliphatic carbocycles. The van der Waals surface area contributed by atoms with E-state index in [9.17, 15) is 8.42 Å². The fourth-order valence-corrected chi connectivity index (χ4v) is 4.58. The summed E-state index contributed by atoms with van der Waals surface area (Å²) < 4.78 is 30.3. The summed E-state index contributed by atoms with van der Waals surface area (Å²) in [7, 11) is -3.70. The van der Waals surface area contributed by atoms with E-state index in [-0.39, 0.29) is 41.1 Å². The van der Waals surface area contributed by atoms with Crippen molar-refractivity contribution in [1.29, 1.82) is 0 Å². The molecule has 0 heterocycles. The molecule has 0 atom stereocenters. The van der Waals surface area contributed by atoms with Gasteiger partial charge in [0.1, 0.15) is 4.90 Å². The van der Waals surface area contributed by atoms with E-state index in [1.165, 1.54) is 51.4 Å². The summed E-state index contributed by atoms with van der Waals surface area (Å²) >= 11 is 0. The van der Waals surface area contributed by atoms with Crippen LogP contribution in [0.15, 0.2) is 47.4 Å². The molecule has 0 bridgehead atoms. The predicted molar refractivity (Wildman–Crippen MR) is 121 cm³/mol. The van der Waals surface area contributed by atoms with Gasteiger partial charge in [0, 0.05) is 5.39 Å². The molecular formula is C23H35NaO3S. The average molecular weight is 415 g/mol. The van der Waals surface area contributed by atoms with Crippen LogP contribution >= 0.6 is 0 Å². The summed E-state index contributed by atoms with van der Waals surface area (Å²) in [6.07, 6.45) is 13.6. The third-order valence-corrected chi connectivity index (χ3v) is 6.38. The minimum absolute atomic E-state index is 0. The molecule has 0 saturated heterocycles. The molecule has 0 fully saturated rings. The van der Waals surface area contributed by atoms with Gasteiger partial charge in [-0.05, 0) is 17.9 Å². The fourth-order valence-electron chi connectivity index (χ4n) is 3.41. The Kier molecular flexibility index (Phi) is 13.3. The van der Waals surface area contributed by atoms with Gasteiger partial charge in [0.25, 0.3) is 10.1 Å². The predicted octanol–water partition coefficient (Wildman–Crippen LogP) is 6.21. The number of hydrogen-bond acceptors (Lipinski definition) is 3. The monoisotopic (exact) mass is 414 g/mol. The van der Waals surface area contributed by atoms with Crippen LogP contribution in [0.1, 0.15) is 77.6 Å². The normalized spacial score (nSPS) is 11.5. The quantitative estimate of drug-likeness (QED) is 0.210. The van der Waals surface area contributed by atoms with Crippen LogP contribution in [0.3, 0.4) is 0 Å². The van der Waals surface area contributed by atoms with Gasteiger partial charge in [-0.3, -0.25) is 4.18 Å². The van der Waals surface area contributed by atoms with E-state index in [2.05, 4.69) is 6.92 Å². The zero-order valence-electron chi connectivity index (χ0n) is 16.7. The number of fused-ring (bicyclic) bond motifs is 1. The molecule has 2 rings (SSSR count). The first-order valence-corrected chi connectivity index (χ1v) is 11.9. The van der Waals surface area contributed by atoms with E-state index in [1.807, 2.05) is 30.3 Å². The molecule has 152 valence electrons. The summed E-state index contributed by atoms with van der Waals surface area (Å²) in [5.41, 5.74) is 0. The molecule has 28 heavy (non-hydrogen) atoms. The van der Waals surface area contributed by atoms with Gasteiger partial charge in [0.05, 0.1) is 6.61 Å². The van der Waals surface area contributed by atoms with E-state index < -0.39 is 10.1 Å². The zero-order valence-corrected chi connectivity index (χ0v) is 17.5. The molecule has 0 unspecified atom stereocenters. The Balaban J connectivity index is 0.00000392. The molecule has 0 radical (unpaired) electrons. The molecule has 0 spiro atoms. The van der Waals surface area contributed by atoms with Gasteiger partial charge in [-0.25, -0.2) is 0 Å². The molecule has 5 heteroatoms. The molecule has 2 aromatic rings. The Morgan fingerprint density at radius 1 is 0.714 bits per heavy atom. The molecule has 0 aromatic heterocycles. The van der Waals surface area contributed by atoms with Crippen LogP contribution in [0.4, 0.5) is 0 Å². The van der Waals surface area contributed by atoms with Gasteiger partial charge in [-0.2, -0.15) is 8.42 Å². The molecule has 0 amide bonds. The molecule has 3 nitrogen and oxygen atoms in total. The van der Waals surface area contributed by atoms with E-state index in [0.29, 0.717) is 0 Å². The van der Waals surface area contributed by atoms with Crippen LogP contribution in [0, 0.1) is 0 Å². The molecule has 2 aromatic carbocycles. The third-order valence-electron chi connectivity index (χ3n) is 5.01. The Morgan fingerprint density at radius 2 is 1.25 bits per heavy atom. The molecule has 0 aliphatic heterocycles. The van der Waals surface area contributed by atoms with Crippen molar-refractivity contribution >= 4 is 50.4 Å². The van der Waals surface area contributed by atoms with Gasteiger partial charge >= 0.3 is 29.6 Å². The molecule has 0 aliphatic rings. The van der Waals surface area contributed by atoms with Crippen molar-refractivity contribution < 1.29 is 12.6 Å². The molecular weight excluding hydrogens is 379 g/mol. The second-order valence-electron chi connectivity index (χ2n) is 7.29. The number of benzene rings is 2. The van der Waals surface area contributed by atoms with Crippen LogP contribution in [0.5, 0.6) is 0 Å². The Bertz CT molecular complexity index is 769. The summed E-state index contributed by atoms with van der Waals surface area (Å²) in [4.78, 5) is 0.267. The van der Waals surface area contributed by atoms with Gasteiger partial charge in [-0.15, -0.1) is 0 Å². The first-order chi connectivity index (χ1) is 13.1. The zero-order chi connectivity index (χ0) is 19.4. The van der Waals surface area contributed by atoms with Crippen molar-refractivity contribution in [3.8, 4) is 0 Å². The topological polar surface area (TPSA) is 43.4 Å². The maximum absolute atomic E-state index is 12.5. The van der Waals surface area contributed by atoms with Crippen molar-refractivity contribution in [2.75, 3.05) is 6.61 Å². The van der Waals surface area contributed by atoms with Gasteiger partial charge in [0.15, 0.2) is 0 Å². The maximum atomic E-state index is 12.5. The summed E-state index contributed by atoms with van der Waals surface area (Å²) in [6, 6.07) is 12.8. The second-order valence-corrected chi connectivity index (χ2v) is 8.87. The van der Waals surface area contributed by atoms with Gasteiger partial charge in [0.2, 0.25) is 0 Å². The van der Waals surface area contributed by atoms with E-state index in [4.69, 9.17) is 4.18 Å². The summed E-state index contributed by atoms with van der Waals surface area (Å²) in [5, 5.41) is 1.64. The fraction of sp³-hybridized carbons (Fsp3) is 0.565. The van der Waals surface area contributed by atoms with Crippen molar-refractivity contribution in [3.05, 3.63) is 42.5 Å². The van der Waals surface area contributed by atoms with E-state index >= 15 is 0 Å². The van der Waals surface area contributed by atoms with Crippen molar-refractivity contribution in [1.82, 2.24) is 0 Å².